The van der Waals surface area contributed by atoms with Gasteiger partial charge in [-0.2, -0.15) is 0 Å². The number of hydrogen-bond acceptors (Lipinski definition) is 4. The highest BCUT2D eigenvalue weighted by molar-refractivity contribution is 6.06. The van der Waals surface area contributed by atoms with Gasteiger partial charge in [0.25, 0.3) is 5.69 Å². The highest BCUT2D eigenvalue weighted by atomic mass is 16.6. The average molecular weight is 403 g/mol. The summed E-state index contributed by atoms with van der Waals surface area (Å²) in [6, 6.07) is 20.0. The Labute approximate surface area is 173 Å². The topological polar surface area (TPSA) is 83.8 Å². The number of para-hydroxylation sites is 1. The van der Waals surface area contributed by atoms with Gasteiger partial charge in [0, 0.05) is 37.0 Å². The summed E-state index contributed by atoms with van der Waals surface area (Å²) in [5.41, 5.74) is 1.25. The van der Waals surface area contributed by atoms with Crippen molar-refractivity contribution >= 4 is 34.0 Å². The fraction of sp³-hybridized carbons (Fsp3) is 0.217. The molecule has 1 saturated heterocycles. The minimum absolute atomic E-state index is 0.0166. The van der Waals surface area contributed by atoms with Crippen molar-refractivity contribution in [1.82, 2.24) is 4.90 Å². The van der Waals surface area contributed by atoms with E-state index in [0.29, 0.717) is 12.1 Å². The first-order valence-electron chi connectivity index (χ1n) is 9.71. The van der Waals surface area contributed by atoms with Gasteiger partial charge in [-0.3, -0.25) is 19.7 Å². The fourth-order valence-corrected chi connectivity index (χ4v) is 4.02. The number of nitro benzene ring substituents is 1. The maximum Gasteiger partial charge on any atom is 0.274 e. The number of carbonyl (C=O) groups excluding carboxylic acids is 2. The summed E-state index contributed by atoms with van der Waals surface area (Å²) < 4.78 is 0. The SMILES string of the molecule is CN(Cc1ccccc1[N+](=O)[O-])C(=O)C1CC(=O)N(c2cccc3ccccc23)C1. The average Bonchev–Trinajstić information content (AvgIpc) is 3.14. The molecule has 1 heterocycles. The number of amides is 2. The maximum atomic E-state index is 13.0. The lowest BCUT2D eigenvalue weighted by Gasteiger charge is -2.22. The molecule has 4 rings (SSSR count). The molecule has 0 N–H and O–H groups in total. The van der Waals surface area contributed by atoms with E-state index in [0.717, 1.165) is 16.5 Å². The predicted molar refractivity (Wildman–Crippen MR) is 114 cm³/mol. The normalized spacial score (nSPS) is 16.1. The summed E-state index contributed by atoms with van der Waals surface area (Å²) in [5, 5.41) is 13.2. The molecule has 0 aromatic heterocycles. The lowest BCUT2D eigenvalue weighted by atomic mass is 10.1. The molecule has 1 atom stereocenters. The van der Waals surface area contributed by atoms with Gasteiger partial charge in [0.1, 0.15) is 0 Å². The standard InChI is InChI=1S/C23H21N3O4/c1-24(14-17-8-3-5-11-20(17)26(29)30)23(28)18-13-22(27)25(15-18)21-12-6-9-16-7-2-4-10-19(16)21/h2-12,18H,13-15H2,1H3. The smallest absolute Gasteiger partial charge is 0.274 e. The summed E-state index contributed by atoms with van der Waals surface area (Å²) in [6.45, 7) is 0.418. The summed E-state index contributed by atoms with van der Waals surface area (Å²) in [7, 11) is 1.62. The summed E-state index contributed by atoms with van der Waals surface area (Å²) in [6.07, 6.45) is 0.128. The molecule has 1 unspecified atom stereocenters. The van der Waals surface area contributed by atoms with Crippen LogP contribution in [-0.2, 0) is 16.1 Å². The van der Waals surface area contributed by atoms with Crippen LogP contribution in [0.3, 0.4) is 0 Å². The lowest BCUT2D eigenvalue weighted by molar-refractivity contribution is -0.385. The number of nitro groups is 1. The summed E-state index contributed by atoms with van der Waals surface area (Å²) >= 11 is 0. The molecule has 0 radical (unpaired) electrons. The van der Waals surface area contributed by atoms with Crippen LogP contribution in [0.4, 0.5) is 11.4 Å². The second-order valence-corrected chi connectivity index (χ2v) is 7.48. The Kier molecular flexibility index (Phi) is 5.18. The Morgan fingerprint density at radius 3 is 2.60 bits per heavy atom. The van der Waals surface area contributed by atoms with Crippen LogP contribution in [-0.4, -0.2) is 35.2 Å². The quantitative estimate of drug-likeness (QED) is 0.480. The minimum atomic E-state index is -0.482. The molecule has 1 aliphatic heterocycles. The van der Waals surface area contributed by atoms with Crippen molar-refractivity contribution in [2.75, 3.05) is 18.5 Å². The molecule has 152 valence electrons. The van der Waals surface area contributed by atoms with Gasteiger partial charge in [0.15, 0.2) is 0 Å². The van der Waals surface area contributed by atoms with Crippen LogP contribution in [0.25, 0.3) is 10.8 Å². The Morgan fingerprint density at radius 2 is 1.80 bits per heavy atom. The Morgan fingerprint density at radius 1 is 1.10 bits per heavy atom. The van der Waals surface area contributed by atoms with Gasteiger partial charge >= 0.3 is 0 Å². The number of hydrogen-bond donors (Lipinski definition) is 0. The monoisotopic (exact) mass is 403 g/mol. The molecule has 3 aromatic carbocycles. The molecule has 1 aliphatic rings. The molecular weight excluding hydrogens is 382 g/mol. The van der Waals surface area contributed by atoms with E-state index in [1.165, 1.54) is 11.0 Å². The van der Waals surface area contributed by atoms with E-state index in [4.69, 9.17) is 0 Å². The van der Waals surface area contributed by atoms with Gasteiger partial charge in [-0.25, -0.2) is 0 Å². The van der Waals surface area contributed by atoms with Crippen LogP contribution in [0.5, 0.6) is 0 Å². The van der Waals surface area contributed by atoms with E-state index in [1.54, 1.807) is 30.1 Å². The lowest BCUT2D eigenvalue weighted by Crippen LogP contribution is -2.34. The van der Waals surface area contributed by atoms with Crippen molar-refractivity contribution in [3.8, 4) is 0 Å². The molecule has 1 fully saturated rings. The van der Waals surface area contributed by atoms with Crippen LogP contribution in [0.2, 0.25) is 0 Å². The molecule has 0 aliphatic carbocycles. The van der Waals surface area contributed by atoms with Gasteiger partial charge in [-0.15, -0.1) is 0 Å². The van der Waals surface area contributed by atoms with E-state index in [1.807, 2.05) is 42.5 Å². The molecule has 0 bridgehead atoms. The molecule has 7 nitrogen and oxygen atoms in total. The largest absolute Gasteiger partial charge is 0.341 e. The molecule has 3 aromatic rings. The maximum absolute atomic E-state index is 13.0. The zero-order chi connectivity index (χ0) is 21.3. The van der Waals surface area contributed by atoms with Crippen LogP contribution in [0.1, 0.15) is 12.0 Å². The molecule has 0 spiro atoms. The number of anilines is 1. The van der Waals surface area contributed by atoms with E-state index in [-0.39, 0.29) is 30.5 Å². The predicted octanol–water partition coefficient (Wildman–Crippen LogP) is 3.76. The second-order valence-electron chi connectivity index (χ2n) is 7.48. The number of benzene rings is 3. The molecule has 0 saturated carbocycles. The van der Waals surface area contributed by atoms with Crippen LogP contribution in [0, 0.1) is 16.0 Å². The van der Waals surface area contributed by atoms with Crippen molar-refractivity contribution < 1.29 is 14.5 Å². The number of carbonyl (C=O) groups is 2. The Balaban J connectivity index is 1.52. The molecule has 7 heteroatoms. The first-order chi connectivity index (χ1) is 14.5. The number of nitrogens with zero attached hydrogens (tertiary/aromatic N) is 3. The van der Waals surface area contributed by atoms with Crippen LogP contribution < -0.4 is 4.90 Å². The third-order valence-corrected chi connectivity index (χ3v) is 5.50. The van der Waals surface area contributed by atoms with Crippen molar-refractivity contribution in [2.24, 2.45) is 5.92 Å². The van der Waals surface area contributed by atoms with E-state index < -0.39 is 10.8 Å². The first kappa shape index (κ1) is 19.6. The first-order valence-corrected chi connectivity index (χ1v) is 9.71. The van der Waals surface area contributed by atoms with E-state index in [2.05, 4.69) is 0 Å². The Hall–Kier alpha value is -3.74. The molecular formula is C23H21N3O4. The zero-order valence-corrected chi connectivity index (χ0v) is 16.5. The highest BCUT2D eigenvalue weighted by Crippen LogP contribution is 2.32. The van der Waals surface area contributed by atoms with Gasteiger partial charge in [0.2, 0.25) is 11.8 Å². The third-order valence-electron chi connectivity index (χ3n) is 5.50. The molecule has 30 heavy (non-hydrogen) atoms. The summed E-state index contributed by atoms with van der Waals surface area (Å²) in [5.74, 6) is -0.766. The van der Waals surface area contributed by atoms with Crippen molar-refractivity contribution in [3.63, 3.8) is 0 Å². The summed E-state index contributed by atoms with van der Waals surface area (Å²) in [4.78, 5) is 39.6. The van der Waals surface area contributed by atoms with Crippen molar-refractivity contribution in [3.05, 3.63) is 82.4 Å². The minimum Gasteiger partial charge on any atom is -0.341 e. The fourth-order valence-electron chi connectivity index (χ4n) is 4.02. The van der Waals surface area contributed by atoms with Gasteiger partial charge in [0.05, 0.1) is 23.1 Å². The van der Waals surface area contributed by atoms with Gasteiger partial charge in [-0.05, 0) is 11.5 Å². The third kappa shape index (κ3) is 3.61. The van der Waals surface area contributed by atoms with Crippen LogP contribution in [0.15, 0.2) is 66.7 Å². The van der Waals surface area contributed by atoms with E-state index >= 15 is 0 Å². The number of rotatable bonds is 5. The zero-order valence-electron chi connectivity index (χ0n) is 16.5. The van der Waals surface area contributed by atoms with Crippen molar-refractivity contribution in [1.29, 1.82) is 0 Å². The second kappa shape index (κ2) is 7.94. The van der Waals surface area contributed by atoms with E-state index in [9.17, 15) is 19.7 Å². The highest BCUT2D eigenvalue weighted by Gasteiger charge is 2.37. The Bertz CT molecular complexity index is 1140. The number of fused-ring (bicyclic) bond motifs is 1. The molecule has 2 amide bonds. The van der Waals surface area contributed by atoms with Crippen molar-refractivity contribution in [2.45, 2.75) is 13.0 Å². The van der Waals surface area contributed by atoms with Gasteiger partial charge in [-0.1, -0.05) is 54.6 Å². The van der Waals surface area contributed by atoms with Crippen LogP contribution >= 0.6 is 0 Å². The van der Waals surface area contributed by atoms with Gasteiger partial charge < -0.3 is 9.80 Å².